The van der Waals surface area contributed by atoms with Crippen LogP contribution in [0.15, 0.2) is 23.3 Å². The second-order valence-electron chi connectivity index (χ2n) is 4.63. The minimum atomic E-state index is -0.802. The Labute approximate surface area is 127 Å². The summed E-state index contributed by atoms with van der Waals surface area (Å²) in [7, 11) is 0. The standard InChI is InChI=1S/C16H14N4O2/c1-9-3-12(6-14(8-18)16(20)22)10(2)4-11(9)5-13(7-17)15(19)21/h3-6H,1-2H3,(H2,19,21)(H2,20,22). The minimum absolute atomic E-state index is 0.152. The normalized spacial score (nSPS) is 11.5. The number of hydrogen-bond acceptors (Lipinski definition) is 4. The number of carbonyl (C=O) groups is 2. The van der Waals surface area contributed by atoms with Crippen LogP contribution in [-0.2, 0) is 9.59 Å². The monoisotopic (exact) mass is 294 g/mol. The van der Waals surface area contributed by atoms with E-state index in [4.69, 9.17) is 22.0 Å². The van der Waals surface area contributed by atoms with Gasteiger partial charge in [0.1, 0.15) is 23.3 Å². The Morgan fingerprint density at radius 2 is 1.23 bits per heavy atom. The molecule has 0 saturated carbocycles. The first-order valence-electron chi connectivity index (χ1n) is 6.24. The fraction of sp³-hybridized carbons (Fsp3) is 0.125. The van der Waals surface area contributed by atoms with Crippen LogP contribution in [0.25, 0.3) is 12.2 Å². The van der Waals surface area contributed by atoms with Gasteiger partial charge in [-0.2, -0.15) is 10.5 Å². The number of nitriles is 2. The zero-order chi connectivity index (χ0) is 16.9. The Hall–Kier alpha value is -3.38. The molecule has 1 aromatic carbocycles. The van der Waals surface area contributed by atoms with Crippen LogP contribution in [0.5, 0.6) is 0 Å². The largest absolute Gasteiger partial charge is 0.365 e. The third-order valence-electron chi connectivity index (χ3n) is 3.03. The summed E-state index contributed by atoms with van der Waals surface area (Å²) >= 11 is 0. The third-order valence-corrected chi connectivity index (χ3v) is 3.03. The molecule has 0 aliphatic heterocycles. The highest BCUT2D eigenvalue weighted by molar-refractivity contribution is 6.01. The van der Waals surface area contributed by atoms with Gasteiger partial charge in [0.2, 0.25) is 0 Å². The number of nitrogens with zero attached hydrogens (tertiary/aromatic N) is 2. The van der Waals surface area contributed by atoms with E-state index in [1.54, 1.807) is 38.1 Å². The topological polar surface area (TPSA) is 134 Å². The van der Waals surface area contributed by atoms with Gasteiger partial charge in [-0.3, -0.25) is 9.59 Å². The lowest BCUT2D eigenvalue weighted by atomic mass is 9.97. The number of benzene rings is 1. The van der Waals surface area contributed by atoms with E-state index in [1.807, 2.05) is 0 Å². The van der Waals surface area contributed by atoms with Crippen LogP contribution in [0.2, 0.25) is 0 Å². The number of nitrogens with two attached hydrogens (primary N) is 2. The molecule has 0 aliphatic rings. The number of hydrogen-bond donors (Lipinski definition) is 2. The molecule has 4 N–H and O–H groups in total. The molecular formula is C16H14N4O2. The van der Waals surface area contributed by atoms with Crippen molar-refractivity contribution in [3.63, 3.8) is 0 Å². The molecule has 0 atom stereocenters. The summed E-state index contributed by atoms with van der Waals surface area (Å²) in [4.78, 5) is 22.2. The molecule has 0 spiro atoms. The second kappa shape index (κ2) is 6.87. The van der Waals surface area contributed by atoms with Crippen molar-refractivity contribution >= 4 is 24.0 Å². The maximum absolute atomic E-state index is 11.1. The molecule has 0 radical (unpaired) electrons. The van der Waals surface area contributed by atoms with E-state index in [0.717, 1.165) is 11.1 Å². The lowest BCUT2D eigenvalue weighted by Crippen LogP contribution is -2.13. The van der Waals surface area contributed by atoms with Crippen molar-refractivity contribution in [2.75, 3.05) is 0 Å². The van der Waals surface area contributed by atoms with Crippen LogP contribution < -0.4 is 11.5 Å². The van der Waals surface area contributed by atoms with Gasteiger partial charge in [-0.1, -0.05) is 12.1 Å². The molecule has 0 heterocycles. The first kappa shape index (κ1) is 16.7. The van der Waals surface area contributed by atoms with Crippen LogP contribution in [0, 0.1) is 36.5 Å². The van der Waals surface area contributed by atoms with E-state index < -0.39 is 11.8 Å². The Bertz CT molecular complexity index is 722. The summed E-state index contributed by atoms with van der Waals surface area (Å²) < 4.78 is 0. The molecule has 0 saturated heterocycles. The lowest BCUT2D eigenvalue weighted by molar-refractivity contribution is -0.115. The number of rotatable bonds is 4. The van der Waals surface area contributed by atoms with Gasteiger partial charge in [0.05, 0.1) is 0 Å². The first-order valence-corrected chi connectivity index (χ1v) is 6.24. The highest BCUT2D eigenvalue weighted by Gasteiger charge is 2.09. The molecule has 0 bridgehead atoms. The van der Waals surface area contributed by atoms with Gasteiger partial charge in [0, 0.05) is 0 Å². The third kappa shape index (κ3) is 3.81. The van der Waals surface area contributed by atoms with E-state index in [0.29, 0.717) is 11.1 Å². The molecular weight excluding hydrogens is 280 g/mol. The maximum atomic E-state index is 11.1. The van der Waals surface area contributed by atoms with Crippen LogP contribution in [0.3, 0.4) is 0 Å². The zero-order valence-electron chi connectivity index (χ0n) is 12.2. The van der Waals surface area contributed by atoms with Gasteiger partial charge in [0.25, 0.3) is 11.8 Å². The average Bonchev–Trinajstić information content (AvgIpc) is 2.45. The predicted molar refractivity (Wildman–Crippen MR) is 81.5 cm³/mol. The highest BCUT2D eigenvalue weighted by Crippen LogP contribution is 2.21. The number of primary amides is 2. The van der Waals surface area contributed by atoms with E-state index >= 15 is 0 Å². The fourth-order valence-corrected chi connectivity index (χ4v) is 1.80. The van der Waals surface area contributed by atoms with Crippen molar-refractivity contribution in [2.45, 2.75) is 13.8 Å². The maximum Gasteiger partial charge on any atom is 0.259 e. The summed E-state index contributed by atoms with van der Waals surface area (Å²) in [5.74, 6) is -1.60. The van der Waals surface area contributed by atoms with Crippen molar-refractivity contribution in [1.82, 2.24) is 0 Å². The predicted octanol–water partition coefficient (Wildman–Crippen LogP) is 1.09. The van der Waals surface area contributed by atoms with Crippen molar-refractivity contribution < 1.29 is 9.59 Å². The Morgan fingerprint density at radius 3 is 1.45 bits per heavy atom. The number of aryl methyl sites for hydroxylation is 2. The molecule has 110 valence electrons. The Balaban J connectivity index is 3.42. The molecule has 0 unspecified atom stereocenters. The van der Waals surface area contributed by atoms with Gasteiger partial charge in [-0.05, 0) is 48.3 Å². The summed E-state index contributed by atoms with van der Waals surface area (Å²) in [5.41, 5.74) is 12.7. The molecule has 22 heavy (non-hydrogen) atoms. The van der Waals surface area contributed by atoms with E-state index in [2.05, 4.69) is 0 Å². The van der Waals surface area contributed by atoms with Crippen molar-refractivity contribution in [1.29, 1.82) is 10.5 Å². The van der Waals surface area contributed by atoms with Gasteiger partial charge in [-0.15, -0.1) is 0 Å². The van der Waals surface area contributed by atoms with Gasteiger partial charge < -0.3 is 11.5 Å². The van der Waals surface area contributed by atoms with Crippen LogP contribution >= 0.6 is 0 Å². The molecule has 1 rings (SSSR count). The number of carbonyl (C=O) groups excluding carboxylic acids is 2. The second-order valence-corrected chi connectivity index (χ2v) is 4.63. The Kier molecular flexibility index (Phi) is 5.21. The molecule has 0 fully saturated rings. The first-order chi connectivity index (χ1) is 10.3. The van der Waals surface area contributed by atoms with Crippen molar-refractivity contribution in [3.05, 3.63) is 45.5 Å². The summed E-state index contributed by atoms with van der Waals surface area (Å²) in [6, 6.07) is 6.94. The SMILES string of the molecule is Cc1cc(C=C(C#N)C(N)=O)c(C)cc1C=C(C#N)C(N)=O. The Morgan fingerprint density at radius 1 is 0.909 bits per heavy atom. The highest BCUT2D eigenvalue weighted by atomic mass is 16.1. The zero-order valence-corrected chi connectivity index (χ0v) is 12.2. The van der Waals surface area contributed by atoms with Gasteiger partial charge in [-0.25, -0.2) is 0 Å². The lowest BCUT2D eigenvalue weighted by Gasteiger charge is -2.07. The van der Waals surface area contributed by atoms with Crippen LogP contribution in [0.1, 0.15) is 22.3 Å². The molecule has 6 heteroatoms. The van der Waals surface area contributed by atoms with E-state index in [9.17, 15) is 9.59 Å². The molecule has 6 nitrogen and oxygen atoms in total. The van der Waals surface area contributed by atoms with Crippen LogP contribution in [-0.4, -0.2) is 11.8 Å². The smallest absolute Gasteiger partial charge is 0.259 e. The van der Waals surface area contributed by atoms with Gasteiger partial charge in [0.15, 0.2) is 0 Å². The van der Waals surface area contributed by atoms with E-state index in [1.165, 1.54) is 12.2 Å². The summed E-state index contributed by atoms with van der Waals surface area (Å²) in [5, 5.41) is 17.7. The fourth-order valence-electron chi connectivity index (χ4n) is 1.80. The van der Waals surface area contributed by atoms with Gasteiger partial charge >= 0.3 is 0 Å². The summed E-state index contributed by atoms with van der Waals surface area (Å²) in [6.45, 7) is 3.55. The molecule has 0 aliphatic carbocycles. The molecule has 0 aromatic heterocycles. The molecule has 2 amide bonds. The molecule has 1 aromatic rings. The number of amides is 2. The van der Waals surface area contributed by atoms with Crippen LogP contribution in [0.4, 0.5) is 0 Å². The average molecular weight is 294 g/mol. The summed E-state index contributed by atoms with van der Waals surface area (Å²) in [6.07, 6.45) is 2.80. The van der Waals surface area contributed by atoms with Crippen molar-refractivity contribution in [2.24, 2.45) is 11.5 Å². The van der Waals surface area contributed by atoms with Crippen molar-refractivity contribution in [3.8, 4) is 12.1 Å². The minimum Gasteiger partial charge on any atom is -0.365 e. The quantitative estimate of drug-likeness (QED) is 0.634. The van der Waals surface area contributed by atoms with E-state index in [-0.39, 0.29) is 11.1 Å².